The molecular formula is C16H29N3O2. The van der Waals surface area contributed by atoms with Crippen molar-refractivity contribution in [3.8, 4) is 0 Å². The van der Waals surface area contributed by atoms with E-state index in [9.17, 15) is 9.59 Å². The van der Waals surface area contributed by atoms with E-state index in [1.165, 1.54) is 19.3 Å². The molecule has 1 saturated carbocycles. The average molecular weight is 295 g/mol. The number of nitrogens with zero attached hydrogens (tertiary/aromatic N) is 1. The Morgan fingerprint density at radius 1 is 1.19 bits per heavy atom. The zero-order valence-corrected chi connectivity index (χ0v) is 13.2. The van der Waals surface area contributed by atoms with E-state index < -0.39 is 0 Å². The number of rotatable bonds is 4. The van der Waals surface area contributed by atoms with Crippen LogP contribution in [0.3, 0.4) is 0 Å². The molecule has 0 unspecified atom stereocenters. The number of likely N-dealkylation sites (tertiary alicyclic amines) is 1. The van der Waals surface area contributed by atoms with Crippen LogP contribution in [0.15, 0.2) is 0 Å². The van der Waals surface area contributed by atoms with Crippen molar-refractivity contribution in [2.45, 2.75) is 64.3 Å². The van der Waals surface area contributed by atoms with Crippen LogP contribution in [0, 0.1) is 5.41 Å². The van der Waals surface area contributed by atoms with Crippen LogP contribution < -0.4 is 11.1 Å². The first-order chi connectivity index (χ1) is 10.0. The number of hydrogen-bond donors (Lipinski definition) is 2. The highest BCUT2D eigenvalue weighted by atomic mass is 16.2. The van der Waals surface area contributed by atoms with Crippen molar-refractivity contribution in [2.24, 2.45) is 11.1 Å². The summed E-state index contributed by atoms with van der Waals surface area (Å²) in [5.74, 6) is 0.271. The van der Waals surface area contributed by atoms with Gasteiger partial charge in [0.05, 0.1) is 0 Å². The molecule has 120 valence electrons. The molecule has 3 N–H and O–H groups in total. The first-order valence-corrected chi connectivity index (χ1v) is 8.30. The third-order valence-electron chi connectivity index (χ3n) is 5.13. The van der Waals surface area contributed by atoms with Gasteiger partial charge in [0.25, 0.3) is 0 Å². The predicted molar refractivity (Wildman–Crippen MR) is 82.6 cm³/mol. The number of piperidine rings is 1. The zero-order chi connectivity index (χ0) is 15.3. The van der Waals surface area contributed by atoms with Crippen LogP contribution in [0.2, 0.25) is 0 Å². The minimum atomic E-state index is 0.0177. The van der Waals surface area contributed by atoms with E-state index in [1.54, 1.807) is 6.92 Å². The average Bonchev–Trinajstić information content (AvgIpc) is 2.48. The Hall–Kier alpha value is -1.10. The molecule has 5 heteroatoms. The largest absolute Gasteiger partial charge is 0.353 e. The smallest absolute Gasteiger partial charge is 0.223 e. The molecule has 1 aliphatic carbocycles. The molecule has 0 atom stereocenters. The van der Waals surface area contributed by atoms with E-state index in [-0.39, 0.29) is 23.3 Å². The van der Waals surface area contributed by atoms with Crippen molar-refractivity contribution in [2.75, 3.05) is 19.6 Å². The van der Waals surface area contributed by atoms with E-state index >= 15 is 0 Å². The summed E-state index contributed by atoms with van der Waals surface area (Å²) >= 11 is 0. The molecule has 5 nitrogen and oxygen atoms in total. The van der Waals surface area contributed by atoms with Crippen LogP contribution in [-0.2, 0) is 9.59 Å². The lowest BCUT2D eigenvalue weighted by atomic mass is 9.71. The highest BCUT2D eigenvalue weighted by Crippen LogP contribution is 2.38. The van der Waals surface area contributed by atoms with Crippen LogP contribution >= 0.6 is 0 Å². The number of carbonyl (C=O) groups excluding carboxylic acids is 2. The normalized spacial score (nSPS) is 22.9. The van der Waals surface area contributed by atoms with Gasteiger partial charge in [-0.05, 0) is 37.6 Å². The number of nitrogens with two attached hydrogens (primary N) is 1. The molecule has 0 radical (unpaired) electrons. The fourth-order valence-corrected chi connectivity index (χ4v) is 3.75. The Morgan fingerprint density at radius 2 is 1.81 bits per heavy atom. The molecule has 0 bridgehead atoms. The zero-order valence-electron chi connectivity index (χ0n) is 13.2. The molecule has 0 spiro atoms. The van der Waals surface area contributed by atoms with Crippen LogP contribution in [0.5, 0.6) is 0 Å². The molecule has 2 fully saturated rings. The standard InChI is InChI=1S/C16H29N3O2/c1-13(20)18-14-5-9-19(10-6-14)15(21)11-16(12-17)7-3-2-4-8-16/h14H,2-12,17H2,1H3,(H,18,20). The van der Waals surface area contributed by atoms with Gasteiger partial charge in [0.1, 0.15) is 0 Å². The van der Waals surface area contributed by atoms with Crippen molar-refractivity contribution >= 4 is 11.8 Å². The van der Waals surface area contributed by atoms with E-state index in [1.807, 2.05) is 4.90 Å². The Bertz CT molecular complexity index is 370. The first-order valence-electron chi connectivity index (χ1n) is 8.30. The maximum atomic E-state index is 12.5. The monoisotopic (exact) mass is 295 g/mol. The van der Waals surface area contributed by atoms with E-state index in [0.717, 1.165) is 38.8 Å². The number of amides is 2. The molecule has 2 rings (SSSR count). The maximum absolute atomic E-state index is 12.5. The topological polar surface area (TPSA) is 75.4 Å². The second kappa shape index (κ2) is 7.25. The van der Waals surface area contributed by atoms with E-state index in [4.69, 9.17) is 5.73 Å². The second-order valence-electron chi connectivity index (χ2n) is 6.80. The van der Waals surface area contributed by atoms with Crippen molar-refractivity contribution in [1.82, 2.24) is 10.2 Å². The highest BCUT2D eigenvalue weighted by molar-refractivity contribution is 5.77. The van der Waals surface area contributed by atoms with Crippen LogP contribution in [0.25, 0.3) is 0 Å². The van der Waals surface area contributed by atoms with Gasteiger partial charge in [-0.25, -0.2) is 0 Å². The molecular weight excluding hydrogens is 266 g/mol. The van der Waals surface area contributed by atoms with Crippen molar-refractivity contribution < 1.29 is 9.59 Å². The molecule has 21 heavy (non-hydrogen) atoms. The maximum Gasteiger partial charge on any atom is 0.223 e. The summed E-state index contributed by atoms with van der Waals surface area (Å²) in [6.07, 6.45) is 8.20. The molecule has 0 aromatic heterocycles. The summed E-state index contributed by atoms with van der Waals surface area (Å²) in [5, 5.41) is 2.94. The van der Waals surface area contributed by atoms with Gasteiger partial charge in [0.15, 0.2) is 0 Å². The Morgan fingerprint density at radius 3 is 2.33 bits per heavy atom. The Labute approximate surface area is 127 Å². The molecule has 0 aromatic carbocycles. The van der Waals surface area contributed by atoms with E-state index in [2.05, 4.69) is 5.32 Å². The van der Waals surface area contributed by atoms with Crippen LogP contribution in [-0.4, -0.2) is 42.4 Å². The highest BCUT2D eigenvalue weighted by Gasteiger charge is 2.35. The molecule has 1 heterocycles. The lowest BCUT2D eigenvalue weighted by molar-refractivity contribution is -0.135. The SMILES string of the molecule is CC(=O)NC1CCN(C(=O)CC2(CN)CCCCC2)CC1. The fourth-order valence-electron chi connectivity index (χ4n) is 3.75. The molecule has 1 aliphatic heterocycles. The van der Waals surface area contributed by atoms with Crippen LogP contribution in [0.4, 0.5) is 0 Å². The predicted octanol–water partition coefficient (Wildman–Crippen LogP) is 1.41. The third-order valence-corrected chi connectivity index (χ3v) is 5.13. The molecule has 1 saturated heterocycles. The van der Waals surface area contributed by atoms with Gasteiger partial charge in [0, 0.05) is 32.5 Å². The van der Waals surface area contributed by atoms with Gasteiger partial charge in [-0.1, -0.05) is 19.3 Å². The summed E-state index contributed by atoms with van der Waals surface area (Å²) in [7, 11) is 0. The van der Waals surface area contributed by atoms with Gasteiger partial charge in [-0.15, -0.1) is 0 Å². The quantitative estimate of drug-likeness (QED) is 0.823. The van der Waals surface area contributed by atoms with Crippen LogP contribution in [0.1, 0.15) is 58.3 Å². The van der Waals surface area contributed by atoms with Gasteiger partial charge in [-0.2, -0.15) is 0 Å². The summed E-state index contributed by atoms with van der Waals surface area (Å²) in [5.41, 5.74) is 6.02. The van der Waals surface area contributed by atoms with Gasteiger partial charge < -0.3 is 16.0 Å². The Kier molecular flexibility index (Phi) is 5.62. The van der Waals surface area contributed by atoms with Gasteiger partial charge in [-0.3, -0.25) is 9.59 Å². The summed E-state index contributed by atoms with van der Waals surface area (Å²) in [6.45, 7) is 3.68. The van der Waals surface area contributed by atoms with Crippen molar-refractivity contribution in [3.63, 3.8) is 0 Å². The minimum Gasteiger partial charge on any atom is -0.353 e. The van der Waals surface area contributed by atoms with Gasteiger partial charge in [0.2, 0.25) is 11.8 Å². The first kappa shape index (κ1) is 16.3. The van der Waals surface area contributed by atoms with Crippen molar-refractivity contribution in [3.05, 3.63) is 0 Å². The lowest BCUT2D eigenvalue weighted by Gasteiger charge is -2.39. The van der Waals surface area contributed by atoms with E-state index in [0.29, 0.717) is 13.0 Å². The fraction of sp³-hybridized carbons (Fsp3) is 0.875. The molecule has 2 aliphatic rings. The van der Waals surface area contributed by atoms with Crippen molar-refractivity contribution in [1.29, 1.82) is 0 Å². The third kappa shape index (κ3) is 4.43. The number of nitrogens with one attached hydrogen (secondary N) is 1. The Balaban J connectivity index is 1.82. The molecule has 0 aromatic rings. The summed E-state index contributed by atoms with van der Waals surface area (Å²) in [6, 6.07) is 0.227. The lowest BCUT2D eigenvalue weighted by Crippen LogP contribution is -2.48. The number of carbonyl (C=O) groups is 2. The van der Waals surface area contributed by atoms with Gasteiger partial charge >= 0.3 is 0 Å². The second-order valence-corrected chi connectivity index (χ2v) is 6.80. The summed E-state index contributed by atoms with van der Waals surface area (Å²) < 4.78 is 0. The number of hydrogen-bond acceptors (Lipinski definition) is 3. The molecule has 2 amide bonds. The minimum absolute atomic E-state index is 0.0177. The summed E-state index contributed by atoms with van der Waals surface area (Å²) in [4.78, 5) is 25.6.